The van der Waals surface area contributed by atoms with Gasteiger partial charge in [-0.2, -0.15) is 0 Å². The second-order valence-electron chi connectivity index (χ2n) is 10.6. The van der Waals surface area contributed by atoms with Gasteiger partial charge < -0.3 is 16.2 Å². The molecule has 0 radical (unpaired) electrons. The molecule has 1 aliphatic rings. The second-order valence-corrected chi connectivity index (χ2v) is 10.6. The van der Waals surface area contributed by atoms with Crippen molar-refractivity contribution in [2.45, 2.75) is 56.9 Å². The highest BCUT2D eigenvalue weighted by Gasteiger charge is 2.34. The number of nitrogens with one attached hydrogen (secondary N) is 1. The topological polar surface area (TPSA) is 118 Å². The van der Waals surface area contributed by atoms with Crippen LogP contribution >= 0.6 is 0 Å². The van der Waals surface area contributed by atoms with Gasteiger partial charge in [-0.25, -0.2) is 13.8 Å². The summed E-state index contributed by atoms with van der Waals surface area (Å²) in [5.41, 5.74) is 7.44. The molecule has 0 bridgehead atoms. The Labute approximate surface area is 220 Å². The Morgan fingerprint density at radius 1 is 1.18 bits per heavy atom. The summed E-state index contributed by atoms with van der Waals surface area (Å²) >= 11 is 0. The van der Waals surface area contributed by atoms with Crippen LogP contribution in [-0.4, -0.2) is 40.4 Å². The number of pyridine rings is 2. The van der Waals surface area contributed by atoms with Gasteiger partial charge in [-0.15, -0.1) is 0 Å². The minimum absolute atomic E-state index is 0.0141. The average Bonchev–Trinajstić information content (AvgIpc) is 2.88. The van der Waals surface area contributed by atoms with Crippen molar-refractivity contribution in [2.24, 2.45) is 11.7 Å². The van der Waals surface area contributed by atoms with E-state index in [9.17, 15) is 19.1 Å². The highest BCUT2D eigenvalue weighted by Crippen LogP contribution is 2.42. The fourth-order valence-electron chi connectivity index (χ4n) is 5.46. The number of carbonyl (C=O) groups excluding carboxylic acids is 1. The summed E-state index contributed by atoms with van der Waals surface area (Å²) in [5.74, 6) is -2.52. The molecule has 4 rings (SSSR count). The van der Waals surface area contributed by atoms with Crippen molar-refractivity contribution in [3.63, 3.8) is 0 Å². The van der Waals surface area contributed by atoms with Crippen molar-refractivity contribution in [2.75, 3.05) is 12.4 Å². The van der Waals surface area contributed by atoms with Crippen molar-refractivity contribution < 1.29 is 23.5 Å². The molecule has 9 heteroatoms. The fourth-order valence-corrected chi connectivity index (χ4v) is 5.46. The third-order valence-corrected chi connectivity index (χ3v) is 7.57. The summed E-state index contributed by atoms with van der Waals surface area (Å²) in [5, 5.41) is 13.0. The number of hydrogen-bond acceptors (Lipinski definition) is 6. The van der Waals surface area contributed by atoms with Crippen LogP contribution in [0, 0.1) is 17.6 Å². The van der Waals surface area contributed by atoms with Gasteiger partial charge >= 0.3 is 5.97 Å². The van der Waals surface area contributed by atoms with Crippen molar-refractivity contribution in [1.82, 2.24) is 9.97 Å². The molecule has 2 aromatic heterocycles. The summed E-state index contributed by atoms with van der Waals surface area (Å²) in [6.45, 7) is 2.99. The van der Waals surface area contributed by atoms with E-state index < -0.39 is 23.0 Å². The molecule has 7 nitrogen and oxygen atoms in total. The van der Waals surface area contributed by atoms with Crippen LogP contribution < -0.4 is 11.1 Å². The van der Waals surface area contributed by atoms with E-state index in [2.05, 4.69) is 15.3 Å². The molecule has 0 spiro atoms. The van der Waals surface area contributed by atoms with Gasteiger partial charge in [0, 0.05) is 24.8 Å². The maximum absolute atomic E-state index is 15.7. The number of benzene rings is 1. The molecular weight excluding hydrogens is 490 g/mol. The van der Waals surface area contributed by atoms with Gasteiger partial charge in [0.25, 0.3) is 0 Å². The highest BCUT2D eigenvalue weighted by molar-refractivity contribution is 5.81. The summed E-state index contributed by atoms with van der Waals surface area (Å²) in [6, 6.07) is 6.92. The Hall–Kier alpha value is -3.72. The molecule has 3 atom stereocenters. The van der Waals surface area contributed by atoms with Crippen LogP contribution in [0.5, 0.6) is 0 Å². The number of carboxylic acid groups (broad SMARTS) is 1. The Morgan fingerprint density at radius 2 is 1.95 bits per heavy atom. The zero-order chi connectivity index (χ0) is 27.6. The lowest BCUT2D eigenvalue weighted by atomic mass is 9.72. The number of nitrogens with two attached hydrogens (primary N) is 1. The molecule has 0 saturated heterocycles. The number of carboxylic acids is 1. The largest absolute Gasteiger partial charge is 0.481 e. The zero-order valence-corrected chi connectivity index (χ0v) is 21.7. The number of nitrogens with zero attached hydrogens (tertiary/aromatic N) is 2. The number of aliphatic carboxylic acids is 1. The van der Waals surface area contributed by atoms with Crippen LogP contribution in [0.25, 0.3) is 11.3 Å². The zero-order valence-electron chi connectivity index (χ0n) is 21.7. The van der Waals surface area contributed by atoms with Gasteiger partial charge in [0.1, 0.15) is 23.0 Å². The third-order valence-electron chi connectivity index (χ3n) is 7.57. The molecule has 0 aliphatic heterocycles. The number of halogens is 2. The van der Waals surface area contributed by atoms with Crippen molar-refractivity contribution in [1.29, 1.82) is 0 Å². The molecule has 1 saturated carbocycles. The quantitative estimate of drug-likeness (QED) is 0.353. The fraction of sp³-hybridized carbons (Fsp3) is 0.379. The van der Waals surface area contributed by atoms with Gasteiger partial charge in [0.15, 0.2) is 6.29 Å². The smallest absolute Gasteiger partial charge is 0.313 e. The molecule has 1 aliphatic carbocycles. The van der Waals surface area contributed by atoms with Gasteiger partial charge in [-0.1, -0.05) is 6.07 Å². The lowest BCUT2D eigenvalue weighted by Crippen LogP contribution is -2.33. The molecular formula is C29H32F2N4O3. The number of anilines is 1. The van der Waals surface area contributed by atoms with Gasteiger partial charge in [0.05, 0.1) is 17.3 Å². The Morgan fingerprint density at radius 3 is 2.63 bits per heavy atom. The predicted molar refractivity (Wildman–Crippen MR) is 141 cm³/mol. The van der Waals surface area contributed by atoms with Gasteiger partial charge in [0.2, 0.25) is 0 Å². The maximum atomic E-state index is 15.7. The van der Waals surface area contributed by atoms with E-state index in [4.69, 9.17) is 5.73 Å². The SMILES string of the molecule is CNc1cnccc1C1CC(N)CC(Cc2cc(C(C)(C)C(=O)O)cc(F)c2-c2nc(C=O)ccc2F)C1. The van der Waals surface area contributed by atoms with Gasteiger partial charge in [-0.3, -0.25) is 14.6 Å². The van der Waals surface area contributed by atoms with Crippen molar-refractivity contribution >= 4 is 17.9 Å². The van der Waals surface area contributed by atoms with Crippen molar-refractivity contribution in [3.8, 4) is 11.3 Å². The van der Waals surface area contributed by atoms with Crippen molar-refractivity contribution in [3.05, 3.63) is 76.7 Å². The summed E-state index contributed by atoms with van der Waals surface area (Å²) in [6.07, 6.45) is 6.53. The first kappa shape index (κ1) is 27.3. The Balaban J connectivity index is 1.80. The number of rotatable bonds is 8. The Bertz CT molecular complexity index is 1360. The summed E-state index contributed by atoms with van der Waals surface area (Å²) in [7, 11) is 1.83. The van der Waals surface area contributed by atoms with E-state index in [1.54, 1.807) is 18.5 Å². The normalized spacial score (nSPS) is 19.7. The van der Waals surface area contributed by atoms with E-state index in [0.29, 0.717) is 24.7 Å². The molecule has 4 N–H and O–H groups in total. The van der Waals surface area contributed by atoms with Crippen LogP contribution in [0.3, 0.4) is 0 Å². The number of aromatic nitrogens is 2. The summed E-state index contributed by atoms with van der Waals surface area (Å²) in [4.78, 5) is 31.6. The van der Waals surface area contributed by atoms with Crippen LogP contribution in [0.1, 0.15) is 66.2 Å². The first-order valence-corrected chi connectivity index (χ1v) is 12.6. The first-order valence-electron chi connectivity index (χ1n) is 12.6. The molecule has 3 unspecified atom stereocenters. The molecule has 1 fully saturated rings. The third kappa shape index (κ3) is 5.43. The molecule has 0 amide bonds. The standard InChI is InChI=1S/C29H32F2N4O3/c1-29(2,28(37)38)19-11-18(26(24(31)13-19)27-23(30)5-4-21(15-36)35-27)9-16-8-17(12-20(32)10-16)22-6-7-34-14-25(22)33-3/h4-7,11,13-17,20,33H,8-10,12,32H2,1-3H3,(H,37,38). The lowest BCUT2D eigenvalue weighted by Gasteiger charge is -2.35. The molecule has 1 aromatic carbocycles. The van der Waals surface area contributed by atoms with E-state index >= 15 is 4.39 Å². The molecule has 38 heavy (non-hydrogen) atoms. The monoisotopic (exact) mass is 522 g/mol. The van der Waals surface area contributed by atoms with Crippen LogP contribution in [0.15, 0.2) is 42.7 Å². The van der Waals surface area contributed by atoms with E-state index in [1.807, 2.05) is 13.1 Å². The summed E-state index contributed by atoms with van der Waals surface area (Å²) < 4.78 is 30.7. The van der Waals surface area contributed by atoms with Gasteiger partial charge in [-0.05, 0) is 92.3 Å². The maximum Gasteiger partial charge on any atom is 0.313 e. The molecule has 2 heterocycles. The van der Waals surface area contributed by atoms with E-state index in [0.717, 1.165) is 36.2 Å². The molecule has 200 valence electrons. The Kier molecular flexibility index (Phi) is 7.87. The van der Waals surface area contributed by atoms with Crippen LogP contribution in [-0.2, 0) is 16.6 Å². The second kappa shape index (κ2) is 10.9. The number of hydrogen-bond donors (Lipinski definition) is 3. The van der Waals surface area contributed by atoms with Crippen LogP contribution in [0.2, 0.25) is 0 Å². The first-order chi connectivity index (χ1) is 18.0. The highest BCUT2D eigenvalue weighted by atomic mass is 19.1. The number of carbonyl (C=O) groups is 2. The minimum Gasteiger partial charge on any atom is -0.481 e. The minimum atomic E-state index is -1.38. The number of aldehydes is 1. The van der Waals surface area contributed by atoms with E-state index in [-0.39, 0.29) is 40.4 Å². The van der Waals surface area contributed by atoms with E-state index in [1.165, 1.54) is 19.9 Å². The van der Waals surface area contributed by atoms with Crippen LogP contribution in [0.4, 0.5) is 14.5 Å². The molecule has 3 aromatic rings. The average molecular weight is 523 g/mol. The predicted octanol–water partition coefficient (Wildman–Crippen LogP) is 5.09. The lowest BCUT2D eigenvalue weighted by molar-refractivity contribution is -0.142.